The summed E-state index contributed by atoms with van der Waals surface area (Å²) >= 11 is 1.53. The van der Waals surface area contributed by atoms with Crippen molar-refractivity contribution in [2.75, 3.05) is 6.54 Å². The van der Waals surface area contributed by atoms with Gasteiger partial charge in [0.15, 0.2) is 6.04 Å². The molecule has 3 atom stereocenters. The number of nitrogens with zero attached hydrogens (tertiary/aromatic N) is 3. The topological polar surface area (TPSA) is 73.2 Å². The van der Waals surface area contributed by atoms with Crippen LogP contribution in [0.4, 0.5) is 0 Å². The standard InChI is InChI=1S/C14H23N3O3S/c1-6-16(8(2)3)7-15-9-11(18)17-10(13(19)20)14(4,5)21-12(9)17/h7-10,12H,6H2,1-5H3,(H,19,20)/t9?,10-,12+/m0/s1. The Morgan fingerprint density at radius 1 is 1.57 bits per heavy atom. The highest BCUT2D eigenvalue weighted by atomic mass is 32.2. The molecular weight excluding hydrogens is 290 g/mol. The van der Waals surface area contributed by atoms with Crippen LogP contribution in [-0.2, 0) is 9.59 Å². The van der Waals surface area contributed by atoms with Crippen molar-refractivity contribution in [3.63, 3.8) is 0 Å². The second kappa shape index (κ2) is 5.51. The Hall–Kier alpha value is -1.24. The first-order valence-corrected chi connectivity index (χ1v) is 8.10. The molecule has 2 saturated heterocycles. The summed E-state index contributed by atoms with van der Waals surface area (Å²) in [6.07, 6.45) is 1.73. The van der Waals surface area contributed by atoms with Gasteiger partial charge < -0.3 is 14.9 Å². The first kappa shape index (κ1) is 16.1. The van der Waals surface area contributed by atoms with E-state index in [-0.39, 0.29) is 11.3 Å². The van der Waals surface area contributed by atoms with Crippen LogP contribution < -0.4 is 0 Å². The molecule has 2 rings (SSSR count). The van der Waals surface area contributed by atoms with E-state index in [1.54, 1.807) is 6.34 Å². The predicted octanol–water partition coefficient (Wildman–Crippen LogP) is 1.26. The lowest BCUT2D eigenvalue weighted by molar-refractivity contribution is -0.158. The van der Waals surface area contributed by atoms with E-state index < -0.39 is 22.8 Å². The third kappa shape index (κ3) is 2.63. The van der Waals surface area contributed by atoms with E-state index in [4.69, 9.17) is 0 Å². The maximum Gasteiger partial charge on any atom is 0.327 e. The van der Waals surface area contributed by atoms with Crippen molar-refractivity contribution >= 4 is 30.0 Å². The SMILES string of the molecule is CCN(C=NC1C(=O)N2[C@@H]1SC(C)(C)[C@@H]2C(=O)O)C(C)C. The molecule has 1 amide bonds. The van der Waals surface area contributed by atoms with Crippen LogP contribution in [0.25, 0.3) is 0 Å². The summed E-state index contributed by atoms with van der Waals surface area (Å²) in [6.45, 7) is 10.7. The fraction of sp³-hybridized carbons (Fsp3) is 0.786. The number of aliphatic imine (C=N–C) groups is 1. The second-order valence-corrected chi connectivity index (χ2v) is 8.00. The molecule has 0 aromatic heterocycles. The largest absolute Gasteiger partial charge is 0.480 e. The smallest absolute Gasteiger partial charge is 0.327 e. The fourth-order valence-corrected chi connectivity index (χ4v) is 4.49. The second-order valence-electron chi connectivity index (χ2n) is 6.23. The van der Waals surface area contributed by atoms with E-state index in [0.29, 0.717) is 6.04 Å². The number of fused-ring (bicyclic) bond motifs is 1. The van der Waals surface area contributed by atoms with Gasteiger partial charge in [0.1, 0.15) is 11.4 Å². The maximum atomic E-state index is 12.2. The predicted molar refractivity (Wildman–Crippen MR) is 83.5 cm³/mol. The molecule has 2 aliphatic rings. The van der Waals surface area contributed by atoms with Crippen LogP contribution in [0.3, 0.4) is 0 Å². The van der Waals surface area contributed by atoms with Gasteiger partial charge in [-0.3, -0.25) is 9.79 Å². The molecule has 2 fully saturated rings. The highest BCUT2D eigenvalue weighted by Gasteiger charge is 2.63. The van der Waals surface area contributed by atoms with Gasteiger partial charge in [-0.2, -0.15) is 0 Å². The van der Waals surface area contributed by atoms with Gasteiger partial charge in [0.05, 0.1) is 6.34 Å². The van der Waals surface area contributed by atoms with E-state index in [0.717, 1.165) is 6.54 Å². The molecule has 1 N–H and O–H groups in total. The molecule has 0 bridgehead atoms. The Labute approximate surface area is 129 Å². The van der Waals surface area contributed by atoms with Crippen molar-refractivity contribution in [2.24, 2.45) is 4.99 Å². The molecule has 0 radical (unpaired) electrons. The average molecular weight is 313 g/mol. The van der Waals surface area contributed by atoms with Gasteiger partial charge in [0.25, 0.3) is 5.91 Å². The Morgan fingerprint density at radius 2 is 2.19 bits per heavy atom. The van der Waals surface area contributed by atoms with E-state index in [1.165, 1.54) is 16.7 Å². The molecule has 0 aromatic rings. The van der Waals surface area contributed by atoms with Crippen LogP contribution in [0, 0.1) is 0 Å². The highest BCUT2D eigenvalue weighted by molar-refractivity contribution is 8.01. The minimum Gasteiger partial charge on any atom is -0.480 e. The summed E-state index contributed by atoms with van der Waals surface area (Å²) in [5.74, 6) is -1.12. The number of thioether (sulfide) groups is 1. The summed E-state index contributed by atoms with van der Waals surface area (Å²) < 4.78 is -0.487. The zero-order valence-corrected chi connectivity index (χ0v) is 13.9. The number of rotatable bonds is 5. The number of carbonyl (C=O) groups excluding carboxylic acids is 1. The fourth-order valence-electron chi connectivity index (χ4n) is 2.87. The lowest BCUT2D eigenvalue weighted by Gasteiger charge is -2.41. The van der Waals surface area contributed by atoms with Crippen LogP contribution in [0.15, 0.2) is 4.99 Å². The van der Waals surface area contributed by atoms with Crippen molar-refractivity contribution in [1.82, 2.24) is 9.80 Å². The lowest BCUT2D eigenvalue weighted by Crippen LogP contribution is -2.65. The Kier molecular flexibility index (Phi) is 4.24. The Bertz CT molecular complexity index is 478. The van der Waals surface area contributed by atoms with Crippen molar-refractivity contribution < 1.29 is 14.7 Å². The number of hydrogen-bond acceptors (Lipinski definition) is 4. The number of carboxylic acid groups (broad SMARTS) is 1. The molecule has 21 heavy (non-hydrogen) atoms. The quantitative estimate of drug-likeness (QED) is 0.470. The molecule has 2 aliphatic heterocycles. The third-order valence-electron chi connectivity index (χ3n) is 4.05. The number of β-lactam (4-membered cyclic amide) rings is 1. The Balaban J connectivity index is 2.13. The zero-order valence-electron chi connectivity index (χ0n) is 13.1. The van der Waals surface area contributed by atoms with Crippen molar-refractivity contribution in [1.29, 1.82) is 0 Å². The number of carbonyl (C=O) groups is 2. The summed E-state index contributed by atoms with van der Waals surface area (Å²) in [5, 5.41) is 9.19. The normalized spacial score (nSPS) is 30.7. The molecule has 118 valence electrons. The zero-order chi connectivity index (χ0) is 15.9. The molecule has 6 nitrogen and oxygen atoms in total. The number of aliphatic carboxylic acids is 1. The molecule has 0 aliphatic carbocycles. The van der Waals surface area contributed by atoms with Crippen LogP contribution >= 0.6 is 11.8 Å². The number of hydrogen-bond donors (Lipinski definition) is 1. The highest BCUT2D eigenvalue weighted by Crippen LogP contribution is 2.51. The maximum absolute atomic E-state index is 12.2. The monoisotopic (exact) mass is 313 g/mol. The molecule has 1 unspecified atom stereocenters. The third-order valence-corrected chi connectivity index (χ3v) is 5.61. The minimum atomic E-state index is -0.942. The summed E-state index contributed by atoms with van der Waals surface area (Å²) in [4.78, 5) is 31.6. The first-order chi connectivity index (χ1) is 9.70. The summed E-state index contributed by atoms with van der Waals surface area (Å²) in [5.41, 5.74) is 0. The molecule has 0 saturated carbocycles. The first-order valence-electron chi connectivity index (χ1n) is 7.22. The van der Waals surface area contributed by atoms with E-state index in [2.05, 4.69) is 23.7 Å². The van der Waals surface area contributed by atoms with Crippen LogP contribution in [0.2, 0.25) is 0 Å². The van der Waals surface area contributed by atoms with Crippen LogP contribution in [0.5, 0.6) is 0 Å². The summed E-state index contributed by atoms with van der Waals surface area (Å²) in [7, 11) is 0. The van der Waals surface area contributed by atoms with E-state index in [1.807, 2.05) is 20.8 Å². The molecule has 0 spiro atoms. The van der Waals surface area contributed by atoms with E-state index >= 15 is 0 Å². The van der Waals surface area contributed by atoms with Gasteiger partial charge in [0, 0.05) is 17.3 Å². The Morgan fingerprint density at radius 3 is 2.67 bits per heavy atom. The van der Waals surface area contributed by atoms with Gasteiger partial charge in [-0.25, -0.2) is 4.79 Å². The molecule has 2 heterocycles. The van der Waals surface area contributed by atoms with Gasteiger partial charge in [0.2, 0.25) is 0 Å². The van der Waals surface area contributed by atoms with Gasteiger partial charge >= 0.3 is 5.97 Å². The molecule has 7 heteroatoms. The molecule has 0 aromatic carbocycles. The van der Waals surface area contributed by atoms with Gasteiger partial charge in [-0.15, -0.1) is 11.8 Å². The van der Waals surface area contributed by atoms with Crippen LogP contribution in [-0.4, -0.2) is 67.9 Å². The molecular formula is C14H23N3O3S. The summed E-state index contributed by atoms with van der Waals surface area (Å²) in [6, 6.07) is -0.894. The van der Waals surface area contributed by atoms with E-state index in [9.17, 15) is 14.7 Å². The van der Waals surface area contributed by atoms with Crippen molar-refractivity contribution in [2.45, 2.75) is 62.9 Å². The van der Waals surface area contributed by atoms with Gasteiger partial charge in [-0.05, 0) is 34.6 Å². The minimum absolute atomic E-state index is 0.157. The lowest BCUT2D eigenvalue weighted by atomic mass is 9.96. The number of carboxylic acids is 1. The van der Waals surface area contributed by atoms with Crippen molar-refractivity contribution in [3.05, 3.63) is 0 Å². The number of amides is 1. The van der Waals surface area contributed by atoms with Crippen molar-refractivity contribution in [3.8, 4) is 0 Å². The van der Waals surface area contributed by atoms with Crippen LogP contribution in [0.1, 0.15) is 34.6 Å². The van der Waals surface area contributed by atoms with Gasteiger partial charge in [-0.1, -0.05) is 0 Å². The average Bonchev–Trinajstić information content (AvgIpc) is 2.62.